The summed E-state index contributed by atoms with van der Waals surface area (Å²) in [7, 11) is 1.55. The number of unbranched alkanes of at least 4 members (excludes halogenated alkanes) is 2. The van der Waals surface area contributed by atoms with Gasteiger partial charge >= 0.3 is 0 Å². The van der Waals surface area contributed by atoms with Crippen LogP contribution in [0.4, 0.5) is 8.78 Å². The molecule has 0 aliphatic carbocycles. The molecule has 1 N–H and O–H groups in total. The van der Waals surface area contributed by atoms with Crippen LogP contribution < -0.4 is 0 Å². The first kappa shape index (κ1) is 14.6. The SMILES string of the molecule is CN(CCCCCO)C(=O)c1cc(F)ccc1F. The lowest BCUT2D eigenvalue weighted by Gasteiger charge is -2.17. The molecule has 100 valence electrons. The van der Waals surface area contributed by atoms with E-state index in [0.29, 0.717) is 13.0 Å². The second-order valence-electron chi connectivity index (χ2n) is 4.14. The van der Waals surface area contributed by atoms with E-state index < -0.39 is 17.5 Å². The Kier molecular flexibility index (Phi) is 5.71. The molecule has 0 bridgehead atoms. The van der Waals surface area contributed by atoms with Crippen LogP contribution in [0.1, 0.15) is 29.6 Å². The topological polar surface area (TPSA) is 40.5 Å². The molecule has 1 rings (SSSR count). The van der Waals surface area contributed by atoms with Gasteiger partial charge in [-0.1, -0.05) is 0 Å². The van der Waals surface area contributed by atoms with E-state index in [1.807, 2.05) is 0 Å². The number of aliphatic hydroxyl groups is 1. The molecule has 3 nitrogen and oxygen atoms in total. The molecule has 0 saturated carbocycles. The van der Waals surface area contributed by atoms with Crippen LogP contribution in [0, 0.1) is 11.6 Å². The molecular formula is C13H17F2NO2. The van der Waals surface area contributed by atoms with E-state index >= 15 is 0 Å². The Labute approximate surface area is 105 Å². The zero-order chi connectivity index (χ0) is 13.5. The summed E-state index contributed by atoms with van der Waals surface area (Å²) in [5.74, 6) is -1.88. The second-order valence-corrected chi connectivity index (χ2v) is 4.14. The molecule has 0 radical (unpaired) electrons. The molecule has 0 aliphatic rings. The fraction of sp³-hybridized carbons (Fsp3) is 0.462. The first-order chi connectivity index (χ1) is 8.56. The van der Waals surface area contributed by atoms with Gasteiger partial charge in [0.05, 0.1) is 5.56 Å². The van der Waals surface area contributed by atoms with Crippen LogP contribution >= 0.6 is 0 Å². The average molecular weight is 257 g/mol. The number of nitrogens with zero attached hydrogens (tertiary/aromatic N) is 1. The van der Waals surface area contributed by atoms with Crippen molar-refractivity contribution in [3.63, 3.8) is 0 Å². The normalized spacial score (nSPS) is 10.4. The van der Waals surface area contributed by atoms with Gasteiger partial charge in [0.1, 0.15) is 11.6 Å². The smallest absolute Gasteiger partial charge is 0.256 e. The molecule has 5 heteroatoms. The van der Waals surface area contributed by atoms with Crippen molar-refractivity contribution in [3.05, 3.63) is 35.4 Å². The molecule has 0 atom stereocenters. The molecule has 0 aliphatic heterocycles. The van der Waals surface area contributed by atoms with Crippen LogP contribution in [-0.4, -0.2) is 36.1 Å². The van der Waals surface area contributed by atoms with Crippen molar-refractivity contribution >= 4 is 5.91 Å². The summed E-state index contributed by atoms with van der Waals surface area (Å²) >= 11 is 0. The predicted octanol–water partition coefficient (Wildman–Crippen LogP) is 2.20. The highest BCUT2D eigenvalue weighted by molar-refractivity contribution is 5.94. The lowest BCUT2D eigenvalue weighted by molar-refractivity contribution is 0.0787. The quantitative estimate of drug-likeness (QED) is 0.794. The van der Waals surface area contributed by atoms with Crippen LogP contribution in [0.2, 0.25) is 0 Å². The van der Waals surface area contributed by atoms with Gasteiger partial charge in [0, 0.05) is 20.2 Å². The van der Waals surface area contributed by atoms with E-state index in [1.165, 1.54) is 4.90 Å². The highest BCUT2D eigenvalue weighted by Gasteiger charge is 2.16. The van der Waals surface area contributed by atoms with Gasteiger partial charge in [-0.2, -0.15) is 0 Å². The molecule has 0 fully saturated rings. The highest BCUT2D eigenvalue weighted by atomic mass is 19.1. The second kappa shape index (κ2) is 7.06. The number of hydrogen-bond acceptors (Lipinski definition) is 2. The number of rotatable bonds is 6. The minimum absolute atomic E-state index is 0.121. The molecule has 0 saturated heterocycles. The third-order valence-corrected chi connectivity index (χ3v) is 2.66. The zero-order valence-electron chi connectivity index (χ0n) is 10.3. The molecule has 1 amide bonds. The fourth-order valence-corrected chi connectivity index (χ4v) is 1.61. The van der Waals surface area contributed by atoms with Crippen LogP contribution in [0.15, 0.2) is 18.2 Å². The molecule has 0 aromatic heterocycles. The molecular weight excluding hydrogens is 240 g/mol. The number of amides is 1. The maximum absolute atomic E-state index is 13.4. The Bertz CT molecular complexity index is 410. The van der Waals surface area contributed by atoms with Gasteiger partial charge in [-0.15, -0.1) is 0 Å². The Morgan fingerprint density at radius 1 is 1.28 bits per heavy atom. The highest BCUT2D eigenvalue weighted by Crippen LogP contribution is 2.12. The van der Waals surface area contributed by atoms with Crippen molar-refractivity contribution in [1.82, 2.24) is 4.90 Å². The van der Waals surface area contributed by atoms with Crippen LogP contribution in [0.25, 0.3) is 0 Å². The third kappa shape index (κ3) is 4.07. The van der Waals surface area contributed by atoms with Crippen molar-refractivity contribution in [2.75, 3.05) is 20.2 Å². The first-order valence-electron chi connectivity index (χ1n) is 5.87. The summed E-state index contributed by atoms with van der Waals surface area (Å²) in [5, 5.41) is 8.61. The Balaban J connectivity index is 2.60. The van der Waals surface area contributed by atoms with Gasteiger partial charge in [-0.25, -0.2) is 8.78 Å². The van der Waals surface area contributed by atoms with E-state index in [1.54, 1.807) is 7.05 Å². The summed E-state index contributed by atoms with van der Waals surface area (Å²) in [6, 6.07) is 2.83. The largest absolute Gasteiger partial charge is 0.396 e. The van der Waals surface area contributed by atoms with Crippen molar-refractivity contribution in [3.8, 4) is 0 Å². The summed E-state index contributed by atoms with van der Waals surface area (Å²) in [6.45, 7) is 0.574. The van der Waals surface area contributed by atoms with Gasteiger partial charge < -0.3 is 10.0 Å². The van der Waals surface area contributed by atoms with E-state index in [-0.39, 0.29) is 12.2 Å². The number of halogens is 2. The number of carbonyl (C=O) groups excluding carboxylic acids is 1. The summed E-state index contributed by atoms with van der Waals surface area (Å²) in [4.78, 5) is 13.2. The number of aliphatic hydroxyl groups excluding tert-OH is 1. The van der Waals surface area contributed by atoms with Gasteiger partial charge in [0.15, 0.2) is 0 Å². The molecule has 0 heterocycles. The minimum Gasteiger partial charge on any atom is -0.396 e. The maximum Gasteiger partial charge on any atom is 0.256 e. The Hall–Kier alpha value is -1.49. The first-order valence-corrected chi connectivity index (χ1v) is 5.87. The van der Waals surface area contributed by atoms with Crippen molar-refractivity contribution in [2.24, 2.45) is 0 Å². The van der Waals surface area contributed by atoms with Crippen molar-refractivity contribution < 1.29 is 18.7 Å². The minimum atomic E-state index is -0.719. The lowest BCUT2D eigenvalue weighted by Crippen LogP contribution is -2.28. The van der Waals surface area contributed by atoms with Gasteiger partial charge in [0.2, 0.25) is 0 Å². The molecule has 0 spiro atoms. The fourth-order valence-electron chi connectivity index (χ4n) is 1.61. The summed E-state index contributed by atoms with van der Waals surface area (Å²) in [5.41, 5.74) is -0.250. The molecule has 18 heavy (non-hydrogen) atoms. The van der Waals surface area contributed by atoms with E-state index in [0.717, 1.165) is 31.0 Å². The number of hydrogen-bond donors (Lipinski definition) is 1. The zero-order valence-corrected chi connectivity index (χ0v) is 10.3. The number of carbonyl (C=O) groups is 1. The average Bonchev–Trinajstić information content (AvgIpc) is 2.36. The van der Waals surface area contributed by atoms with Crippen LogP contribution in [0.3, 0.4) is 0 Å². The maximum atomic E-state index is 13.4. The van der Waals surface area contributed by atoms with Crippen LogP contribution in [0.5, 0.6) is 0 Å². The van der Waals surface area contributed by atoms with E-state index in [9.17, 15) is 13.6 Å². The van der Waals surface area contributed by atoms with Crippen LogP contribution in [-0.2, 0) is 0 Å². The van der Waals surface area contributed by atoms with Crippen molar-refractivity contribution in [2.45, 2.75) is 19.3 Å². The predicted molar refractivity (Wildman–Crippen MR) is 64.3 cm³/mol. The number of benzene rings is 1. The van der Waals surface area contributed by atoms with Crippen molar-refractivity contribution in [1.29, 1.82) is 0 Å². The lowest BCUT2D eigenvalue weighted by atomic mass is 10.1. The molecule has 0 unspecified atom stereocenters. The monoisotopic (exact) mass is 257 g/mol. The van der Waals surface area contributed by atoms with Gasteiger partial charge in [-0.3, -0.25) is 4.79 Å². The molecule has 1 aromatic carbocycles. The standard InChI is InChI=1S/C13H17F2NO2/c1-16(7-3-2-4-8-17)13(18)11-9-10(14)5-6-12(11)15/h5-6,9,17H,2-4,7-8H2,1H3. The Morgan fingerprint density at radius 2 is 2.00 bits per heavy atom. The third-order valence-electron chi connectivity index (χ3n) is 2.66. The van der Waals surface area contributed by atoms with Gasteiger partial charge in [-0.05, 0) is 37.5 Å². The Morgan fingerprint density at radius 3 is 2.67 bits per heavy atom. The molecule has 1 aromatic rings. The van der Waals surface area contributed by atoms with E-state index in [4.69, 9.17) is 5.11 Å². The summed E-state index contributed by atoms with van der Waals surface area (Å²) < 4.78 is 26.3. The summed E-state index contributed by atoms with van der Waals surface area (Å²) in [6.07, 6.45) is 2.19. The van der Waals surface area contributed by atoms with Gasteiger partial charge in [0.25, 0.3) is 5.91 Å². The van der Waals surface area contributed by atoms with E-state index in [2.05, 4.69) is 0 Å².